The van der Waals surface area contributed by atoms with E-state index in [9.17, 15) is 9.90 Å². The summed E-state index contributed by atoms with van der Waals surface area (Å²) in [7, 11) is 0. The van der Waals surface area contributed by atoms with Gasteiger partial charge in [0, 0.05) is 24.7 Å². The first kappa shape index (κ1) is 17.0. The van der Waals surface area contributed by atoms with Gasteiger partial charge in [-0.3, -0.25) is 0 Å². The second-order valence-electron chi connectivity index (χ2n) is 5.44. The van der Waals surface area contributed by atoms with Gasteiger partial charge in [-0.2, -0.15) is 0 Å². The summed E-state index contributed by atoms with van der Waals surface area (Å²) in [6, 6.07) is 6.72. The molecule has 3 N–H and O–H groups in total. The van der Waals surface area contributed by atoms with Crippen LogP contribution < -0.4 is 10.6 Å². The number of nitrogens with zero attached hydrogens (tertiary/aromatic N) is 2. The minimum absolute atomic E-state index is 0.213. The summed E-state index contributed by atoms with van der Waals surface area (Å²) in [5, 5.41) is 23.3. The minimum atomic E-state index is -0.864. The highest BCUT2D eigenvalue weighted by Gasteiger charge is 2.22. The van der Waals surface area contributed by atoms with Crippen LogP contribution in [0.4, 0.5) is 10.5 Å². The molecule has 0 atom stereocenters. The van der Waals surface area contributed by atoms with Crippen LogP contribution in [0.25, 0.3) is 11.5 Å². The van der Waals surface area contributed by atoms with Gasteiger partial charge in [0.2, 0.25) is 11.8 Å². The number of rotatable bonds is 6. The van der Waals surface area contributed by atoms with Gasteiger partial charge in [0.05, 0.1) is 5.60 Å². The third-order valence-corrected chi connectivity index (χ3v) is 3.81. The number of hydrogen-bond acceptors (Lipinski definition) is 5. The molecule has 2 amide bonds. The number of hydrogen-bond donors (Lipinski definition) is 3. The summed E-state index contributed by atoms with van der Waals surface area (Å²) < 4.78 is 5.34. The standard InChI is InChI=1S/C16H22N4O3/c1-4-16(22,5-2)10-17-15(21)18-13-8-6-12(7-9-13)14-20-19-11(3)23-14/h6-9,22H,4-5,10H2,1-3H3,(H2,17,18,21). The maximum Gasteiger partial charge on any atom is 0.319 e. The molecule has 7 heteroatoms. The first-order valence-electron chi connectivity index (χ1n) is 7.63. The van der Waals surface area contributed by atoms with E-state index in [1.807, 2.05) is 13.8 Å². The zero-order chi connectivity index (χ0) is 16.9. The molecule has 124 valence electrons. The van der Waals surface area contributed by atoms with Crippen molar-refractivity contribution in [2.75, 3.05) is 11.9 Å². The molecule has 0 fully saturated rings. The molecule has 0 saturated heterocycles. The van der Waals surface area contributed by atoms with E-state index >= 15 is 0 Å². The fourth-order valence-electron chi connectivity index (χ4n) is 2.03. The van der Waals surface area contributed by atoms with Gasteiger partial charge in [0.1, 0.15) is 0 Å². The van der Waals surface area contributed by atoms with Crippen LogP contribution in [0.3, 0.4) is 0 Å². The Morgan fingerprint density at radius 1 is 1.22 bits per heavy atom. The lowest BCUT2D eigenvalue weighted by molar-refractivity contribution is 0.0354. The maximum absolute atomic E-state index is 11.9. The molecule has 2 aromatic rings. The number of aromatic nitrogens is 2. The number of benzene rings is 1. The van der Waals surface area contributed by atoms with Crippen molar-refractivity contribution < 1.29 is 14.3 Å². The van der Waals surface area contributed by atoms with Crippen molar-refractivity contribution in [3.63, 3.8) is 0 Å². The van der Waals surface area contributed by atoms with Crippen LogP contribution in [0.5, 0.6) is 0 Å². The first-order valence-corrected chi connectivity index (χ1v) is 7.63. The maximum atomic E-state index is 11.9. The van der Waals surface area contributed by atoms with Crippen LogP contribution in [0.2, 0.25) is 0 Å². The Hall–Kier alpha value is -2.41. The summed E-state index contributed by atoms with van der Waals surface area (Å²) >= 11 is 0. The molecule has 0 bridgehead atoms. The van der Waals surface area contributed by atoms with Crippen molar-refractivity contribution in [1.82, 2.24) is 15.5 Å². The van der Waals surface area contributed by atoms with Crippen LogP contribution in [0.1, 0.15) is 32.6 Å². The Morgan fingerprint density at radius 2 is 1.87 bits per heavy atom. The Morgan fingerprint density at radius 3 is 2.39 bits per heavy atom. The number of carbonyl (C=O) groups is 1. The van der Waals surface area contributed by atoms with E-state index in [2.05, 4.69) is 20.8 Å². The summed E-state index contributed by atoms with van der Waals surface area (Å²) in [6.45, 7) is 5.72. The second kappa shape index (κ2) is 7.23. The Labute approximate surface area is 135 Å². The van der Waals surface area contributed by atoms with Gasteiger partial charge >= 0.3 is 6.03 Å². The molecule has 2 rings (SSSR count). The summed E-state index contributed by atoms with van der Waals surface area (Å²) in [5.74, 6) is 0.940. The highest BCUT2D eigenvalue weighted by atomic mass is 16.4. The van der Waals surface area contributed by atoms with E-state index in [0.717, 1.165) is 5.56 Å². The number of anilines is 1. The highest BCUT2D eigenvalue weighted by molar-refractivity contribution is 5.89. The molecule has 1 heterocycles. The topological polar surface area (TPSA) is 100 Å². The molecule has 0 unspecified atom stereocenters. The predicted octanol–water partition coefficient (Wildman–Crippen LogP) is 2.72. The lowest BCUT2D eigenvalue weighted by Crippen LogP contribution is -2.43. The van der Waals surface area contributed by atoms with Crippen molar-refractivity contribution in [1.29, 1.82) is 0 Å². The Balaban J connectivity index is 1.92. The van der Waals surface area contributed by atoms with Gasteiger partial charge < -0.3 is 20.2 Å². The fraction of sp³-hybridized carbons (Fsp3) is 0.438. The van der Waals surface area contributed by atoms with E-state index in [0.29, 0.717) is 30.3 Å². The third kappa shape index (κ3) is 4.53. The predicted molar refractivity (Wildman–Crippen MR) is 87.0 cm³/mol. The third-order valence-electron chi connectivity index (χ3n) is 3.81. The van der Waals surface area contributed by atoms with Crippen LogP contribution >= 0.6 is 0 Å². The smallest absolute Gasteiger partial charge is 0.319 e. The average Bonchev–Trinajstić information content (AvgIpc) is 3.00. The molecular formula is C16H22N4O3. The molecule has 1 aromatic heterocycles. The van der Waals surface area contributed by atoms with Gasteiger partial charge in [-0.1, -0.05) is 13.8 Å². The fourth-order valence-corrected chi connectivity index (χ4v) is 2.03. The Kier molecular flexibility index (Phi) is 5.33. The van der Waals surface area contributed by atoms with Gasteiger partial charge in [-0.15, -0.1) is 10.2 Å². The van der Waals surface area contributed by atoms with E-state index < -0.39 is 5.60 Å². The molecule has 0 spiro atoms. The van der Waals surface area contributed by atoms with Crippen LogP contribution in [-0.2, 0) is 0 Å². The monoisotopic (exact) mass is 318 g/mol. The normalized spacial score (nSPS) is 11.3. The SMILES string of the molecule is CCC(O)(CC)CNC(=O)Nc1ccc(-c2nnc(C)o2)cc1. The molecule has 23 heavy (non-hydrogen) atoms. The van der Waals surface area contributed by atoms with Gasteiger partial charge in [-0.25, -0.2) is 4.79 Å². The first-order chi connectivity index (χ1) is 11.0. The molecule has 0 aliphatic carbocycles. The molecular weight excluding hydrogens is 296 g/mol. The van der Waals surface area contributed by atoms with Gasteiger partial charge in [0.25, 0.3) is 0 Å². The summed E-state index contributed by atoms with van der Waals surface area (Å²) in [4.78, 5) is 11.9. The van der Waals surface area contributed by atoms with Crippen molar-refractivity contribution >= 4 is 11.7 Å². The number of nitrogens with one attached hydrogen (secondary N) is 2. The highest BCUT2D eigenvalue weighted by Crippen LogP contribution is 2.20. The molecule has 0 aliphatic heterocycles. The van der Waals surface area contributed by atoms with E-state index in [1.165, 1.54) is 0 Å². The van der Waals surface area contributed by atoms with Crippen LogP contribution in [0, 0.1) is 6.92 Å². The number of urea groups is 1. The molecule has 0 saturated carbocycles. The zero-order valence-corrected chi connectivity index (χ0v) is 13.6. The summed E-state index contributed by atoms with van der Waals surface area (Å²) in [5.41, 5.74) is 0.554. The molecule has 0 aliphatic rings. The lowest BCUT2D eigenvalue weighted by atomic mass is 9.98. The quantitative estimate of drug-likeness (QED) is 0.760. The molecule has 0 radical (unpaired) electrons. The van der Waals surface area contributed by atoms with E-state index in [-0.39, 0.29) is 12.6 Å². The van der Waals surface area contributed by atoms with Crippen molar-refractivity contribution in [3.8, 4) is 11.5 Å². The number of carbonyl (C=O) groups excluding carboxylic acids is 1. The number of aryl methyl sites for hydroxylation is 1. The van der Waals surface area contributed by atoms with Crippen molar-refractivity contribution in [3.05, 3.63) is 30.2 Å². The van der Waals surface area contributed by atoms with E-state index in [1.54, 1.807) is 31.2 Å². The number of aliphatic hydroxyl groups is 1. The number of amides is 2. The lowest BCUT2D eigenvalue weighted by Gasteiger charge is -2.25. The largest absolute Gasteiger partial charge is 0.421 e. The molecule has 7 nitrogen and oxygen atoms in total. The van der Waals surface area contributed by atoms with Crippen LogP contribution in [0.15, 0.2) is 28.7 Å². The summed E-state index contributed by atoms with van der Waals surface area (Å²) in [6.07, 6.45) is 1.17. The van der Waals surface area contributed by atoms with Gasteiger partial charge in [0.15, 0.2) is 0 Å². The minimum Gasteiger partial charge on any atom is -0.421 e. The Bertz CT molecular complexity index is 648. The molecule has 1 aromatic carbocycles. The van der Waals surface area contributed by atoms with Crippen molar-refractivity contribution in [2.45, 2.75) is 39.2 Å². The van der Waals surface area contributed by atoms with Gasteiger partial charge in [-0.05, 0) is 37.1 Å². The van der Waals surface area contributed by atoms with Crippen molar-refractivity contribution in [2.24, 2.45) is 0 Å². The zero-order valence-electron chi connectivity index (χ0n) is 13.6. The van der Waals surface area contributed by atoms with E-state index in [4.69, 9.17) is 4.42 Å². The van der Waals surface area contributed by atoms with Crippen LogP contribution in [-0.4, -0.2) is 33.5 Å². The average molecular weight is 318 g/mol. The second-order valence-corrected chi connectivity index (χ2v) is 5.44.